The molecular formula is C25H26F2N4O2. The fourth-order valence-corrected chi connectivity index (χ4v) is 3.03. The van der Waals surface area contributed by atoms with Crippen LogP contribution in [-0.2, 0) is 13.1 Å². The molecular weight excluding hydrogens is 426 g/mol. The molecule has 0 heterocycles. The van der Waals surface area contributed by atoms with Crippen molar-refractivity contribution in [1.29, 1.82) is 0 Å². The Balaban J connectivity index is 1.54. The number of anilines is 2. The van der Waals surface area contributed by atoms with Gasteiger partial charge in [-0.05, 0) is 72.9 Å². The predicted octanol–water partition coefficient (Wildman–Crippen LogP) is 5.53. The van der Waals surface area contributed by atoms with Crippen LogP contribution in [0.5, 0.6) is 0 Å². The lowest BCUT2D eigenvalue weighted by Crippen LogP contribution is -2.29. The molecule has 0 aliphatic heterocycles. The highest BCUT2D eigenvalue weighted by Crippen LogP contribution is 2.20. The second-order valence-corrected chi connectivity index (χ2v) is 7.81. The first kappa shape index (κ1) is 23.7. The molecule has 0 aliphatic carbocycles. The number of amides is 4. The monoisotopic (exact) mass is 452 g/mol. The summed E-state index contributed by atoms with van der Waals surface area (Å²) in [4.78, 5) is 24.5. The van der Waals surface area contributed by atoms with Gasteiger partial charge >= 0.3 is 12.1 Å². The van der Waals surface area contributed by atoms with E-state index < -0.39 is 12.1 Å². The van der Waals surface area contributed by atoms with Crippen LogP contribution in [0.2, 0.25) is 0 Å². The van der Waals surface area contributed by atoms with Gasteiger partial charge in [-0.25, -0.2) is 18.4 Å². The summed E-state index contributed by atoms with van der Waals surface area (Å²) in [6, 6.07) is 13.8. The molecule has 4 amide bonds. The summed E-state index contributed by atoms with van der Waals surface area (Å²) in [5, 5.41) is 10.8. The van der Waals surface area contributed by atoms with Crippen LogP contribution in [0, 0.1) is 32.4 Å². The predicted molar refractivity (Wildman–Crippen MR) is 125 cm³/mol. The van der Waals surface area contributed by atoms with Gasteiger partial charge in [0.25, 0.3) is 0 Å². The average Bonchev–Trinajstić information content (AvgIpc) is 2.77. The molecule has 0 aliphatic rings. The number of nitrogens with one attached hydrogen (secondary N) is 4. The Morgan fingerprint density at radius 1 is 0.667 bits per heavy atom. The molecule has 4 N–H and O–H groups in total. The molecule has 0 unspecified atom stereocenters. The lowest BCUT2D eigenvalue weighted by Gasteiger charge is -2.13. The number of rotatable bonds is 6. The summed E-state index contributed by atoms with van der Waals surface area (Å²) >= 11 is 0. The number of aryl methyl sites for hydroxylation is 3. The highest BCUT2D eigenvalue weighted by molar-refractivity contribution is 5.93. The Labute approximate surface area is 191 Å². The maximum Gasteiger partial charge on any atom is 0.319 e. The van der Waals surface area contributed by atoms with Gasteiger partial charge in [0.1, 0.15) is 11.6 Å². The second kappa shape index (κ2) is 10.6. The number of urea groups is 2. The van der Waals surface area contributed by atoms with Crippen molar-refractivity contribution in [3.8, 4) is 0 Å². The van der Waals surface area contributed by atoms with Gasteiger partial charge in [0, 0.05) is 24.5 Å². The first-order valence-corrected chi connectivity index (χ1v) is 10.4. The largest absolute Gasteiger partial charge is 0.334 e. The van der Waals surface area contributed by atoms with Crippen molar-refractivity contribution in [2.75, 3.05) is 10.6 Å². The summed E-state index contributed by atoms with van der Waals surface area (Å²) in [6.07, 6.45) is 0. The highest BCUT2D eigenvalue weighted by Gasteiger charge is 2.09. The van der Waals surface area contributed by atoms with Gasteiger partial charge in [-0.3, -0.25) is 0 Å². The van der Waals surface area contributed by atoms with Gasteiger partial charge in [-0.15, -0.1) is 0 Å². The summed E-state index contributed by atoms with van der Waals surface area (Å²) in [5.74, 6) is -0.648. The van der Waals surface area contributed by atoms with Crippen LogP contribution in [-0.4, -0.2) is 12.1 Å². The number of benzene rings is 3. The molecule has 33 heavy (non-hydrogen) atoms. The van der Waals surface area contributed by atoms with Crippen molar-refractivity contribution in [3.63, 3.8) is 0 Å². The van der Waals surface area contributed by atoms with Crippen molar-refractivity contribution in [3.05, 3.63) is 94.0 Å². The molecule has 0 atom stereocenters. The van der Waals surface area contributed by atoms with Crippen molar-refractivity contribution < 1.29 is 18.4 Å². The second-order valence-electron chi connectivity index (χ2n) is 7.81. The molecule has 3 aromatic carbocycles. The van der Waals surface area contributed by atoms with E-state index in [-0.39, 0.29) is 24.7 Å². The Kier molecular flexibility index (Phi) is 7.61. The van der Waals surface area contributed by atoms with E-state index in [0.717, 1.165) is 5.56 Å². The van der Waals surface area contributed by atoms with E-state index in [2.05, 4.69) is 21.3 Å². The zero-order valence-electron chi connectivity index (χ0n) is 18.7. The standard InChI is InChI=1S/C25H26F2N4O2/c1-15-4-7-18(10-21(15)26)13-28-24(32)30-20-9-6-17(3)23(12-20)31-25(33)29-14-19-8-5-16(2)22(27)11-19/h4-12H,13-14H2,1-3H3,(H2,28,30,32)(H2,29,31,33). The molecule has 0 saturated carbocycles. The van der Waals surface area contributed by atoms with E-state index in [1.54, 1.807) is 56.3 Å². The van der Waals surface area contributed by atoms with Gasteiger partial charge in [0.2, 0.25) is 0 Å². The molecule has 0 fully saturated rings. The molecule has 0 aromatic heterocycles. The lowest BCUT2D eigenvalue weighted by atomic mass is 10.1. The average molecular weight is 453 g/mol. The molecule has 8 heteroatoms. The zero-order valence-corrected chi connectivity index (χ0v) is 18.7. The van der Waals surface area contributed by atoms with Crippen molar-refractivity contribution >= 4 is 23.4 Å². The normalized spacial score (nSPS) is 10.5. The third kappa shape index (κ3) is 6.77. The molecule has 0 bridgehead atoms. The maximum absolute atomic E-state index is 13.7. The van der Waals surface area contributed by atoms with E-state index in [1.165, 1.54) is 12.1 Å². The van der Waals surface area contributed by atoms with Crippen molar-refractivity contribution in [2.45, 2.75) is 33.9 Å². The van der Waals surface area contributed by atoms with Gasteiger partial charge in [-0.1, -0.05) is 30.3 Å². The van der Waals surface area contributed by atoms with Crippen LogP contribution in [0.4, 0.5) is 29.7 Å². The van der Waals surface area contributed by atoms with Gasteiger partial charge in [-0.2, -0.15) is 0 Å². The van der Waals surface area contributed by atoms with E-state index in [4.69, 9.17) is 0 Å². The molecule has 172 valence electrons. The summed E-state index contributed by atoms with van der Waals surface area (Å²) < 4.78 is 27.3. The minimum Gasteiger partial charge on any atom is -0.334 e. The van der Waals surface area contributed by atoms with Crippen LogP contribution in [0.3, 0.4) is 0 Å². The van der Waals surface area contributed by atoms with Crippen LogP contribution in [0.25, 0.3) is 0 Å². The Hall–Kier alpha value is -3.94. The maximum atomic E-state index is 13.7. The van der Waals surface area contributed by atoms with Crippen LogP contribution in [0.15, 0.2) is 54.6 Å². The first-order chi connectivity index (χ1) is 15.7. The molecule has 3 aromatic rings. The number of carbonyl (C=O) groups excluding carboxylic acids is 2. The van der Waals surface area contributed by atoms with E-state index in [1.807, 2.05) is 6.92 Å². The minimum absolute atomic E-state index is 0.169. The van der Waals surface area contributed by atoms with Gasteiger partial charge in [0.05, 0.1) is 0 Å². The van der Waals surface area contributed by atoms with Crippen molar-refractivity contribution in [2.24, 2.45) is 0 Å². The van der Waals surface area contributed by atoms with Crippen LogP contribution < -0.4 is 21.3 Å². The lowest BCUT2D eigenvalue weighted by molar-refractivity contribution is 0.251. The number of carbonyl (C=O) groups is 2. The van der Waals surface area contributed by atoms with E-state index >= 15 is 0 Å². The fourth-order valence-electron chi connectivity index (χ4n) is 3.03. The number of hydrogen-bond donors (Lipinski definition) is 4. The summed E-state index contributed by atoms with van der Waals surface area (Å²) in [6.45, 7) is 5.50. The molecule has 0 radical (unpaired) electrons. The summed E-state index contributed by atoms with van der Waals surface area (Å²) in [5.41, 5.74) is 4.16. The molecule has 0 spiro atoms. The smallest absolute Gasteiger partial charge is 0.319 e. The fraction of sp³-hybridized carbons (Fsp3) is 0.200. The third-order valence-electron chi connectivity index (χ3n) is 5.12. The minimum atomic E-state index is -0.461. The quantitative estimate of drug-likeness (QED) is 0.396. The van der Waals surface area contributed by atoms with Gasteiger partial charge < -0.3 is 21.3 Å². The van der Waals surface area contributed by atoms with Crippen LogP contribution >= 0.6 is 0 Å². The van der Waals surface area contributed by atoms with Crippen LogP contribution in [0.1, 0.15) is 27.8 Å². The molecule has 3 rings (SSSR count). The zero-order chi connectivity index (χ0) is 24.0. The Morgan fingerprint density at radius 2 is 1.15 bits per heavy atom. The molecule has 6 nitrogen and oxygen atoms in total. The van der Waals surface area contributed by atoms with Crippen molar-refractivity contribution in [1.82, 2.24) is 10.6 Å². The number of hydrogen-bond acceptors (Lipinski definition) is 2. The first-order valence-electron chi connectivity index (χ1n) is 10.4. The Bertz CT molecular complexity index is 1180. The van der Waals surface area contributed by atoms with E-state index in [9.17, 15) is 18.4 Å². The third-order valence-corrected chi connectivity index (χ3v) is 5.12. The topological polar surface area (TPSA) is 82.3 Å². The van der Waals surface area contributed by atoms with Gasteiger partial charge in [0.15, 0.2) is 0 Å². The molecule has 0 saturated heterocycles. The SMILES string of the molecule is Cc1ccc(CNC(=O)Nc2ccc(C)c(NC(=O)NCc3ccc(C)c(F)c3)c2)cc1F. The summed E-state index contributed by atoms with van der Waals surface area (Å²) in [7, 11) is 0. The Morgan fingerprint density at radius 3 is 1.67 bits per heavy atom. The van der Waals surface area contributed by atoms with E-state index in [0.29, 0.717) is 33.6 Å². The number of halogens is 2. The highest BCUT2D eigenvalue weighted by atomic mass is 19.1.